The summed E-state index contributed by atoms with van der Waals surface area (Å²) in [6.07, 6.45) is 2.59. The van der Waals surface area contributed by atoms with E-state index in [1.54, 1.807) is 0 Å². The smallest absolute Gasteiger partial charge is 0.176 e. The first-order valence-electron chi connectivity index (χ1n) is 2.76. The molecule has 0 aromatic carbocycles. The molecule has 0 spiro atoms. The van der Waals surface area contributed by atoms with Gasteiger partial charge in [0.25, 0.3) is 0 Å². The average Bonchev–Trinajstić information content (AvgIpc) is 2.36. The Kier molecular flexibility index (Phi) is 2.01. The van der Waals surface area contributed by atoms with Crippen LogP contribution in [0.3, 0.4) is 0 Å². The highest BCUT2D eigenvalue weighted by molar-refractivity contribution is 5.57. The van der Waals surface area contributed by atoms with Crippen LogP contribution in [0.5, 0.6) is 0 Å². The molecule has 0 amide bonds. The molecule has 0 aliphatic heterocycles. The minimum absolute atomic E-state index is 0.104. The van der Waals surface area contributed by atoms with Gasteiger partial charge in [0.1, 0.15) is 0 Å². The number of nitrogens with two attached hydrogens (primary N) is 1. The van der Waals surface area contributed by atoms with Crippen LogP contribution in [-0.2, 0) is 6.61 Å². The van der Waals surface area contributed by atoms with E-state index in [-0.39, 0.29) is 6.61 Å². The van der Waals surface area contributed by atoms with Gasteiger partial charge in [-0.1, -0.05) is 0 Å². The summed E-state index contributed by atoms with van der Waals surface area (Å²) in [5.41, 5.74) is 5.59. The summed E-state index contributed by atoms with van der Waals surface area (Å²) >= 11 is 0. The number of aromatic nitrogens is 2. The zero-order valence-electron chi connectivity index (χ0n) is 5.28. The van der Waals surface area contributed by atoms with Crippen molar-refractivity contribution in [3.63, 3.8) is 0 Å². The van der Waals surface area contributed by atoms with Crippen LogP contribution in [0.2, 0.25) is 0 Å². The molecule has 0 bridgehead atoms. The normalized spacial score (nSPS) is 10.9. The van der Waals surface area contributed by atoms with Crippen molar-refractivity contribution in [2.75, 3.05) is 0 Å². The lowest BCUT2D eigenvalue weighted by atomic mass is 10.5. The van der Waals surface area contributed by atoms with Gasteiger partial charge in [-0.3, -0.25) is 0 Å². The van der Waals surface area contributed by atoms with E-state index < -0.39 is 0 Å². The summed E-state index contributed by atoms with van der Waals surface area (Å²) in [5, 5.41) is 8.65. The Balaban J connectivity index is 2.90. The minimum Gasteiger partial charge on any atom is -0.390 e. The minimum atomic E-state index is -0.104. The molecule has 54 valence electrons. The molecular weight excluding hydrogens is 132 g/mol. The molecule has 1 rings (SSSR count). The summed E-state index contributed by atoms with van der Waals surface area (Å²) in [6.45, 7) is -0.104. The first kappa shape index (κ1) is 6.76. The molecule has 5 heteroatoms. The molecule has 0 saturated heterocycles. The lowest BCUT2D eigenvalue weighted by Crippen LogP contribution is -1.88. The molecule has 0 fully saturated rings. The van der Waals surface area contributed by atoms with E-state index in [0.29, 0.717) is 11.5 Å². The number of imidazole rings is 1. The topological polar surface area (TPSA) is 87.3 Å². The van der Waals surface area contributed by atoms with E-state index in [1.807, 2.05) is 0 Å². The van der Waals surface area contributed by atoms with Gasteiger partial charge in [0.05, 0.1) is 25.0 Å². The van der Waals surface area contributed by atoms with Crippen LogP contribution in [0, 0.1) is 0 Å². The Morgan fingerprint density at radius 2 is 2.70 bits per heavy atom. The molecule has 0 aliphatic rings. The van der Waals surface area contributed by atoms with Crippen LogP contribution in [0.4, 0.5) is 5.82 Å². The van der Waals surface area contributed by atoms with E-state index >= 15 is 0 Å². The molecule has 1 heterocycles. The molecule has 5 nitrogen and oxygen atoms in total. The van der Waals surface area contributed by atoms with Crippen LogP contribution in [0.25, 0.3) is 0 Å². The van der Waals surface area contributed by atoms with Gasteiger partial charge >= 0.3 is 0 Å². The van der Waals surface area contributed by atoms with Crippen molar-refractivity contribution < 1.29 is 5.11 Å². The lowest BCUT2D eigenvalue weighted by Gasteiger charge is -1.88. The largest absolute Gasteiger partial charge is 0.390 e. The van der Waals surface area contributed by atoms with Crippen molar-refractivity contribution in [1.82, 2.24) is 9.97 Å². The van der Waals surface area contributed by atoms with Crippen LogP contribution in [-0.4, -0.2) is 21.4 Å². The molecule has 0 unspecified atom stereocenters. The Labute approximate surface area is 57.6 Å². The molecule has 0 atom stereocenters. The third-order valence-corrected chi connectivity index (χ3v) is 1.05. The third-order valence-electron chi connectivity index (χ3n) is 1.05. The number of hydrogen-bond acceptors (Lipinski definition) is 3. The molecule has 10 heavy (non-hydrogen) atoms. The molecule has 0 aliphatic carbocycles. The Morgan fingerprint density at radius 1 is 1.90 bits per heavy atom. The van der Waals surface area contributed by atoms with Gasteiger partial charge in [0, 0.05) is 0 Å². The maximum Gasteiger partial charge on any atom is 0.176 e. The standard InChI is InChI=1S/C5H8N4O/c6-2-7-5-4(1-10)8-3-9-5/h2-3,10H,1H2,(H2,6,7)(H,8,9). The fourth-order valence-corrected chi connectivity index (χ4v) is 0.612. The molecule has 1 aromatic rings. The first-order chi connectivity index (χ1) is 4.88. The Morgan fingerprint density at radius 3 is 3.30 bits per heavy atom. The number of aliphatic hydroxyl groups excluding tert-OH is 1. The highest BCUT2D eigenvalue weighted by Crippen LogP contribution is 2.11. The Hall–Kier alpha value is -1.36. The second-order valence-electron chi connectivity index (χ2n) is 1.64. The van der Waals surface area contributed by atoms with Crippen molar-refractivity contribution >= 4 is 12.2 Å². The maximum absolute atomic E-state index is 8.65. The van der Waals surface area contributed by atoms with Crippen molar-refractivity contribution in [2.45, 2.75) is 6.61 Å². The quantitative estimate of drug-likeness (QED) is 0.383. The highest BCUT2D eigenvalue weighted by atomic mass is 16.3. The van der Waals surface area contributed by atoms with Gasteiger partial charge < -0.3 is 15.8 Å². The van der Waals surface area contributed by atoms with Crippen molar-refractivity contribution in [3.05, 3.63) is 12.0 Å². The number of nitrogens with one attached hydrogen (secondary N) is 1. The molecular formula is C5H8N4O. The summed E-state index contributed by atoms with van der Waals surface area (Å²) in [7, 11) is 0. The number of H-pyrrole nitrogens is 1. The van der Waals surface area contributed by atoms with Crippen LogP contribution < -0.4 is 5.73 Å². The lowest BCUT2D eigenvalue weighted by molar-refractivity contribution is 0.278. The van der Waals surface area contributed by atoms with E-state index in [2.05, 4.69) is 15.0 Å². The number of rotatable bonds is 2. The highest BCUT2D eigenvalue weighted by Gasteiger charge is 1.99. The van der Waals surface area contributed by atoms with Gasteiger partial charge in [-0.25, -0.2) is 9.98 Å². The van der Waals surface area contributed by atoms with Gasteiger partial charge in [0.2, 0.25) is 0 Å². The van der Waals surface area contributed by atoms with Gasteiger partial charge in [0.15, 0.2) is 5.82 Å². The van der Waals surface area contributed by atoms with Crippen LogP contribution >= 0.6 is 0 Å². The summed E-state index contributed by atoms with van der Waals surface area (Å²) in [6, 6.07) is 0. The van der Waals surface area contributed by atoms with Crippen LogP contribution in [0.1, 0.15) is 5.69 Å². The monoisotopic (exact) mass is 140 g/mol. The van der Waals surface area contributed by atoms with Crippen molar-refractivity contribution in [2.24, 2.45) is 10.7 Å². The predicted octanol–water partition coefficient (Wildman–Crippen LogP) is -0.480. The fraction of sp³-hybridized carbons (Fsp3) is 0.200. The number of aromatic amines is 1. The van der Waals surface area contributed by atoms with Gasteiger partial charge in [-0.05, 0) is 0 Å². The zero-order chi connectivity index (χ0) is 7.40. The predicted molar refractivity (Wildman–Crippen MR) is 36.8 cm³/mol. The number of hydrogen-bond donors (Lipinski definition) is 3. The number of nitrogens with zero attached hydrogens (tertiary/aromatic N) is 2. The van der Waals surface area contributed by atoms with E-state index in [0.717, 1.165) is 6.34 Å². The van der Waals surface area contributed by atoms with Gasteiger partial charge in [-0.2, -0.15) is 0 Å². The van der Waals surface area contributed by atoms with Crippen molar-refractivity contribution in [3.8, 4) is 0 Å². The summed E-state index contributed by atoms with van der Waals surface area (Å²) < 4.78 is 0. The second kappa shape index (κ2) is 2.98. The second-order valence-corrected chi connectivity index (χ2v) is 1.64. The maximum atomic E-state index is 8.65. The third kappa shape index (κ3) is 1.14. The van der Waals surface area contributed by atoms with E-state index in [1.165, 1.54) is 6.33 Å². The fourth-order valence-electron chi connectivity index (χ4n) is 0.612. The zero-order valence-corrected chi connectivity index (χ0v) is 5.28. The first-order valence-corrected chi connectivity index (χ1v) is 2.76. The molecule has 0 saturated carbocycles. The van der Waals surface area contributed by atoms with E-state index in [4.69, 9.17) is 10.8 Å². The summed E-state index contributed by atoms with van der Waals surface area (Å²) in [4.78, 5) is 10.2. The number of aliphatic hydroxyl groups is 1. The van der Waals surface area contributed by atoms with Crippen molar-refractivity contribution in [1.29, 1.82) is 0 Å². The van der Waals surface area contributed by atoms with E-state index in [9.17, 15) is 0 Å². The van der Waals surface area contributed by atoms with Gasteiger partial charge in [-0.15, -0.1) is 0 Å². The number of aliphatic imine (C=N–C) groups is 1. The molecule has 4 N–H and O–H groups in total. The average molecular weight is 140 g/mol. The summed E-state index contributed by atoms with van der Waals surface area (Å²) in [5.74, 6) is 0.435. The molecule has 1 aromatic heterocycles. The van der Waals surface area contributed by atoms with Crippen LogP contribution in [0.15, 0.2) is 11.3 Å². The Bertz CT molecular complexity index is 229. The molecule has 0 radical (unpaired) electrons. The SMILES string of the molecule is NC=Nc1nc[nH]c1CO.